The molecule has 0 radical (unpaired) electrons. The van der Waals surface area contributed by atoms with E-state index in [1.165, 1.54) is 0 Å². The summed E-state index contributed by atoms with van der Waals surface area (Å²) in [6.07, 6.45) is 0.637. The molecule has 0 aliphatic carbocycles. The molecule has 0 saturated heterocycles. The Kier molecular flexibility index (Phi) is 5.35. The molecule has 0 aliphatic heterocycles. The Bertz CT molecular complexity index is 325. The topological polar surface area (TPSA) is 76.4 Å². The van der Waals surface area contributed by atoms with Crippen LogP contribution in [0, 0.1) is 6.92 Å². The van der Waals surface area contributed by atoms with Gasteiger partial charge in [0.25, 0.3) is 0 Å². The van der Waals surface area contributed by atoms with Crippen molar-refractivity contribution in [2.45, 2.75) is 13.3 Å². The van der Waals surface area contributed by atoms with Crippen LogP contribution in [0.5, 0.6) is 0 Å². The molecule has 0 atom stereocenters. The summed E-state index contributed by atoms with van der Waals surface area (Å²) in [6, 6.07) is 1.65. The first-order valence-electron chi connectivity index (χ1n) is 5.15. The van der Waals surface area contributed by atoms with Crippen LogP contribution in [0.2, 0.25) is 0 Å². The number of rotatable bonds is 6. The number of hydrogen-bond acceptors (Lipinski definition) is 4. The van der Waals surface area contributed by atoms with E-state index in [-0.39, 0.29) is 6.03 Å². The van der Waals surface area contributed by atoms with Gasteiger partial charge in [-0.05, 0) is 6.92 Å². The van der Waals surface area contributed by atoms with Crippen molar-refractivity contribution in [2.75, 3.05) is 26.8 Å². The van der Waals surface area contributed by atoms with Gasteiger partial charge in [-0.3, -0.25) is 0 Å². The second-order valence-electron chi connectivity index (χ2n) is 3.36. The predicted molar refractivity (Wildman–Crippen MR) is 58.2 cm³/mol. The summed E-state index contributed by atoms with van der Waals surface area (Å²) in [6.45, 7) is 3.39. The molecule has 1 rings (SSSR count). The first kappa shape index (κ1) is 12.5. The molecule has 6 heteroatoms. The zero-order valence-corrected chi connectivity index (χ0v) is 9.58. The van der Waals surface area contributed by atoms with E-state index in [0.29, 0.717) is 26.1 Å². The summed E-state index contributed by atoms with van der Waals surface area (Å²) < 4.78 is 9.81. The summed E-state index contributed by atoms with van der Waals surface area (Å²) in [5, 5.41) is 9.11. The first-order chi connectivity index (χ1) is 7.72. The van der Waals surface area contributed by atoms with Crippen LogP contribution in [0.1, 0.15) is 11.5 Å². The van der Waals surface area contributed by atoms with Crippen molar-refractivity contribution in [3.8, 4) is 0 Å². The fraction of sp³-hybridized carbons (Fsp3) is 0.600. The van der Waals surface area contributed by atoms with Crippen LogP contribution in [-0.4, -0.2) is 38.0 Å². The van der Waals surface area contributed by atoms with Crippen LogP contribution < -0.4 is 10.6 Å². The van der Waals surface area contributed by atoms with Gasteiger partial charge >= 0.3 is 6.03 Å². The number of amides is 2. The lowest BCUT2D eigenvalue weighted by Gasteiger charge is -2.05. The number of nitrogens with zero attached hydrogens (tertiary/aromatic N) is 1. The fourth-order valence-corrected chi connectivity index (χ4v) is 1.16. The molecule has 2 N–H and O–H groups in total. The van der Waals surface area contributed by atoms with Gasteiger partial charge in [0, 0.05) is 32.7 Å². The number of nitrogens with one attached hydrogen (secondary N) is 2. The van der Waals surface area contributed by atoms with E-state index < -0.39 is 0 Å². The maximum Gasteiger partial charge on any atom is 0.314 e. The molecule has 0 aliphatic rings. The lowest BCUT2D eigenvalue weighted by Crippen LogP contribution is -2.38. The van der Waals surface area contributed by atoms with Crippen molar-refractivity contribution in [1.29, 1.82) is 0 Å². The van der Waals surface area contributed by atoms with Crippen molar-refractivity contribution in [3.05, 3.63) is 17.5 Å². The molecule has 0 bridgehead atoms. The minimum Gasteiger partial charge on any atom is -0.383 e. The molecule has 16 heavy (non-hydrogen) atoms. The van der Waals surface area contributed by atoms with Crippen LogP contribution in [0.15, 0.2) is 10.6 Å². The summed E-state index contributed by atoms with van der Waals surface area (Å²) in [5.41, 5.74) is 0.847. The van der Waals surface area contributed by atoms with E-state index in [9.17, 15) is 4.79 Å². The largest absolute Gasteiger partial charge is 0.383 e. The number of aromatic nitrogens is 1. The van der Waals surface area contributed by atoms with Gasteiger partial charge in [-0.2, -0.15) is 0 Å². The van der Waals surface area contributed by atoms with Crippen LogP contribution in [0.25, 0.3) is 0 Å². The predicted octanol–water partition coefficient (Wildman–Crippen LogP) is 0.471. The molecule has 0 saturated carbocycles. The summed E-state index contributed by atoms with van der Waals surface area (Å²) in [7, 11) is 1.59. The quantitative estimate of drug-likeness (QED) is 0.693. The highest BCUT2D eigenvalue weighted by atomic mass is 16.5. The molecule has 1 aromatic rings. The number of carbonyl (C=O) groups excluding carboxylic acids is 1. The van der Waals surface area contributed by atoms with E-state index in [4.69, 9.17) is 9.26 Å². The van der Waals surface area contributed by atoms with Crippen molar-refractivity contribution >= 4 is 6.03 Å². The van der Waals surface area contributed by atoms with E-state index in [1.807, 2.05) is 13.0 Å². The molecule has 0 aromatic carbocycles. The molecule has 0 unspecified atom stereocenters. The van der Waals surface area contributed by atoms with E-state index in [1.54, 1.807) is 7.11 Å². The zero-order chi connectivity index (χ0) is 11.8. The Morgan fingerprint density at radius 3 is 2.88 bits per heavy atom. The Hall–Kier alpha value is -1.56. The molecule has 1 heterocycles. The first-order valence-corrected chi connectivity index (χ1v) is 5.15. The van der Waals surface area contributed by atoms with Gasteiger partial charge in [-0.1, -0.05) is 5.16 Å². The minimum absolute atomic E-state index is 0.201. The van der Waals surface area contributed by atoms with E-state index in [0.717, 1.165) is 11.5 Å². The van der Waals surface area contributed by atoms with Crippen molar-refractivity contribution in [3.63, 3.8) is 0 Å². The van der Waals surface area contributed by atoms with E-state index in [2.05, 4.69) is 15.8 Å². The Labute approximate surface area is 94.3 Å². The maximum absolute atomic E-state index is 11.2. The third kappa shape index (κ3) is 4.79. The van der Waals surface area contributed by atoms with Crippen molar-refractivity contribution in [2.24, 2.45) is 0 Å². The third-order valence-electron chi connectivity index (χ3n) is 1.93. The molecule has 0 fully saturated rings. The highest BCUT2D eigenvalue weighted by molar-refractivity contribution is 5.73. The average molecular weight is 227 g/mol. The van der Waals surface area contributed by atoms with Crippen LogP contribution in [0.4, 0.5) is 4.79 Å². The number of aryl methyl sites for hydroxylation is 1. The molecule has 0 spiro atoms. The molecular formula is C10H17N3O3. The number of ether oxygens (including phenoxy) is 1. The second-order valence-corrected chi connectivity index (χ2v) is 3.36. The van der Waals surface area contributed by atoms with Gasteiger partial charge < -0.3 is 19.9 Å². The molecule has 1 aromatic heterocycles. The van der Waals surface area contributed by atoms with Gasteiger partial charge in [0.2, 0.25) is 0 Å². The summed E-state index contributed by atoms with van der Waals surface area (Å²) in [5.74, 6) is 0.773. The normalized spacial score (nSPS) is 10.1. The fourth-order valence-electron chi connectivity index (χ4n) is 1.16. The molecular weight excluding hydrogens is 210 g/mol. The Morgan fingerprint density at radius 1 is 1.50 bits per heavy atom. The average Bonchev–Trinajstić information content (AvgIpc) is 2.65. The summed E-state index contributed by atoms with van der Waals surface area (Å²) in [4.78, 5) is 11.2. The second kappa shape index (κ2) is 6.84. The number of urea groups is 1. The highest BCUT2D eigenvalue weighted by Crippen LogP contribution is 2.01. The molecule has 2 amide bonds. The molecule has 6 nitrogen and oxygen atoms in total. The van der Waals surface area contributed by atoms with Crippen molar-refractivity contribution < 1.29 is 14.1 Å². The Balaban J connectivity index is 2.08. The molecule has 90 valence electrons. The Morgan fingerprint density at radius 2 is 2.25 bits per heavy atom. The van der Waals surface area contributed by atoms with Crippen LogP contribution in [0.3, 0.4) is 0 Å². The van der Waals surface area contributed by atoms with Gasteiger partial charge in [0.15, 0.2) is 0 Å². The number of hydrogen-bond donors (Lipinski definition) is 2. The van der Waals surface area contributed by atoms with Gasteiger partial charge in [-0.15, -0.1) is 0 Å². The highest BCUT2D eigenvalue weighted by Gasteiger charge is 2.02. The number of methoxy groups -OCH3 is 1. The van der Waals surface area contributed by atoms with Crippen LogP contribution in [-0.2, 0) is 11.2 Å². The van der Waals surface area contributed by atoms with E-state index >= 15 is 0 Å². The van der Waals surface area contributed by atoms with Gasteiger partial charge in [-0.25, -0.2) is 4.79 Å². The van der Waals surface area contributed by atoms with Crippen molar-refractivity contribution in [1.82, 2.24) is 15.8 Å². The minimum atomic E-state index is -0.201. The zero-order valence-electron chi connectivity index (χ0n) is 9.58. The smallest absolute Gasteiger partial charge is 0.314 e. The standard InChI is InChI=1S/C10H17N3O3/c1-8-7-9(16-13-8)3-4-11-10(14)12-5-6-15-2/h7H,3-6H2,1-2H3,(H2,11,12,14). The summed E-state index contributed by atoms with van der Waals surface area (Å²) >= 11 is 0. The lowest BCUT2D eigenvalue weighted by atomic mass is 10.3. The maximum atomic E-state index is 11.2. The third-order valence-corrected chi connectivity index (χ3v) is 1.93. The van der Waals surface area contributed by atoms with Gasteiger partial charge in [0.05, 0.1) is 12.3 Å². The number of carbonyl (C=O) groups is 1. The van der Waals surface area contributed by atoms with Crippen LogP contribution >= 0.6 is 0 Å². The SMILES string of the molecule is COCCNC(=O)NCCc1cc(C)no1. The lowest BCUT2D eigenvalue weighted by molar-refractivity contribution is 0.196. The monoisotopic (exact) mass is 227 g/mol. The van der Waals surface area contributed by atoms with Gasteiger partial charge in [0.1, 0.15) is 5.76 Å².